The van der Waals surface area contributed by atoms with Crippen molar-refractivity contribution < 1.29 is 22.4 Å². The van der Waals surface area contributed by atoms with Gasteiger partial charge in [-0.05, 0) is 42.7 Å². The normalized spacial score (nSPS) is 14.8. The zero-order chi connectivity index (χ0) is 21.7. The minimum atomic E-state index is -3.80. The number of sulfonamides is 1. The molecule has 30 heavy (non-hydrogen) atoms. The first-order valence-corrected chi connectivity index (χ1v) is 11.1. The van der Waals surface area contributed by atoms with Crippen LogP contribution < -0.4 is 15.4 Å². The number of benzene rings is 1. The van der Waals surface area contributed by atoms with Crippen LogP contribution >= 0.6 is 0 Å². The SMILES string of the molecule is CC(C)[C@@H](NC(=O)c1ccco1)C(=O)Nc1cccc(S(=O)(=O)NC2=NCCC2)c1. The first-order valence-electron chi connectivity index (χ1n) is 9.58. The third-order valence-electron chi connectivity index (χ3n) is 4.52. The van der Waals surface area contributed by atoms with Crippen molar-refractivity contribution in [3.8, 4) is 0 Å². The molecule has 3 rings (SSSR count). The van der Waals surface area contributed by atoms with Crippen LogP contribution in [0.3, 0.4) is 0 Å². The van der Waals surface area contributed by atoms with E-state index in [0.29, 0.717) is 24.5 Å². The van der Waals surface area contributed by atoms with E-state index < -0.39 is 27.9 Å². The molecule has 2 amide bonds. The Labute approximate surface area is 175 Å². The van der Waals surface area contributed by atoms with Crippen molar-refractivity contribution in [1.29, 1.82) is 0 Å². The molecular weight excluding hydrogens is 408 g/mol. The molecular formula is C20H24N4O5S. The number of nitrogens with zero attached hydrogens (tertiary/aromatic N) is 1. The molecule has 2 heterocycles. The smallest absolute Gasteiger partial charge is 0.287 e. The standard InChI is InChI=1S/C20H24N4O5S/c1-13(2)18(23-19(25)16-8-5-11-29-16)20(26)22-14-6-3-7-15(12-14)30(27,28)24-17-9-4-10-21-17/h3,5-8,11-13,18H,4,9-10H2,1-2H3,(H,21,24)(H,22,26)(H,23,25)/t18-/m1/s1. The highest BCUT2D eigenvalue weighted by Crippen LogP contribution is 2.17. The van der Waals surface area contributed by atoms with Crippen LogP contribution in [-0.4, -0.2) is 38.7 Å². The van der Waals surface area contributed by atoms with Crippen molar-refractivity contribution in [2.75, 3.05) is 11.9 Å². The molecule has 0 radical (unpaired) electrons. The summed E-state index contributed by atoms with van der Waals surface area (Å²) in [4.78, 5) is 29.1. The lowest BCUT2D eigenvalue weighted by Crippen LogP contribution is -2.47. The number of carbonyl (C=O) groups excluding carboxylic acids is 2. The number of anilines is 1. The average molecular weight is 433 g/mol. The molecule has 0 bridgehead atoms. The van der Waals surface area contributed by atoms with Gasteiger partial charge >= 0.3 is 0 Å². The van der Waals surface area contributed by atoms with Crippen molar-refractivity contribution in [2.24, 2.45) is 10.9 Å². The van der Waals surface area contributed by atoms with E-state index in [1.165, 1.54) is 30.5 Å². The number of furan rings is 1. The van der Waals surface area contributed by atoms with Crippen LogP contribution in [0.4, 0.5) is 5.69 Å². The maximum absolute atomic E-state index is 12.8. The maximum Gasteiger partial charge on any atom is 0.287 e. The second kappa shape index (κ2) is 9.12. The molecule has 1 aromatic heterocycles. The van der Waals surface area contributed by atoms with E-state index in [1.54, 1.807) is 26.0 Å². The Morgan fingerprint density at radius 1 is 1.17 bits per heavy atom. The summed E-state index contributed by atoms with van der Waals surface area (Å²) in [5, 5.41) is 5.31. The van der Waals surface area contributed by atoms with Crippen LogP contribution in [0, 0.1) is 5.92 Å². The van der Waals surface area contributed by atoms with Gasteiger partial charge in [-0.15, -0.1) is 0 Å². The van der Waals surface area contributed by atoms with Gasteiger partial charge in [0.15, 0.2) is 5.76 Å². The number of aliphatic imine (C=N–C) groups is 1. The second-order valence-electron chi connectivity index (χ2n) is 7.23. The minimum Gasteiger partial charge on any atom is -0.459 e. The summed E-state index contributed by atoms with van der Waals surface area (Å²) in [6.45, 7) is 4.19. The summed E-state index contributed by atoms with van der Waals surface area (Å²) in [5.74, 6) is -0.649. The first-order chi connectivity index (χ1) is 14.3. The van der Waals surface area contributed by atoms with E-state index in [0.717, 1.165) is 6.42 Å². The highest BCUT2D eigenvalue weighted by Gasteiger charge is 2.26. The largest absolute Gasteiger partial charge is 0.459 e. The van der Waals surface area contributed by atoms with E-state index in [4.69, 9.17) is 4.42 Å². The fraction of sp³-hybridized carbons (Fsp3) is 0.350. The molecule has 1 atom stereocenters. The average Bonchev–Trinajstić information content (AvgIpc) is 3.39. The molecule has 0 aliphatic carbocycles. The molecule has 0 spiro atoms. The van der Waals surface area contributed by atoms with Gasteiger partial charge in [-0.3, -0.25) is 19.3 Å². The van der Waals surface area contributed by atoms with Crippen LogP contribution in [0.15, 0.2) is 57.0 Å². The number of carbonyl (C=O) groups is 2. The Bertz CT molecular complexity index is 1040. The van der Waals surface area contributed by atoms with Crippen LogP contribution in [0.1, 0.15) is 37.2 Å². The molecule has 1 aromatic carbocycles. The predicted octanol–water partition coefficient (Wildman–Crippen LogP) is 2.14. The molecule has 0 saturated heterocycles. The van der Waals surface area contributed by atoms with Gasteiger partial charge in [-0.1, -0.05) is 19.9 Å². The summed E-state index contributed by atoms with van der Waals surface area (Å²) in [7, 11) is -3.80. The molecule has 9 nitrogen and oxygen atoms in total. The second-order valence-corrected chi connectivity index (χ2v) is 8.91. The van der Waals surface area contributed by atoms with Gasteiger partial charge < -0.3 is 15.1 Å². The lowest BCUT2D eigenvalue weighted by atomic mass is 10.0. The van der Waals surface area contributed by atoms with Gasteiger partial charge in [0.2, 0.25) is 5.91 Å². The van der Waals surface area contributed by atoms with Gasteiger partial charge in [0.25, 0.3) is 15.9 Å². The quantitative estimate of drug-likeness (QED) is 0.617. The zero-order valence-corrected chi connectivity index (χ0v) is 17.5. The lowest BCUT2D eigenvalue weighted by molar-refractivity contribution is -0.118. The molecule has 3 N–H and O–H groups in total. The van der Waals surface area contributed by atoms with Gasteiger partial charge in [0, 0.05) is 18.7 Å². The lowest BCUT2D eigenvalue weighted by Gasteiger charge is -2.21. The maximum atomic E-state index is 12.8. The summed E-state index contributed by atoms with van der Waals surface area (Å²) in [5.41, 5.74) is 0.300. The van der Waals surface area contributed by atoms with Gasteiger partial charge in [0.1, 0.15) is 11.9 Å². The third kappa shape index (κ3) is 5.26. The van der Waals surface area contributed by atoms with E-state index >= 15 is 0 Å². The molecule has 0 saturated carbocycles. The van der Waals surface area contributed by atoms with Crippen molar-refractivity contribution in [2.45, 2.75) is 37.6 Å². The molecule has 1 aliphatic heterocycles. The van der Waals surface area contributed by atoms with Crippen LogP contribution in [0.2, 0.25) is 0 Å². The van der Waals surface area contributed by atoms with Gasteiger partial charge in [-0.2, -0.15) is 0 Å². The number of rotatable bonds is 7. The van der Waals surface area contributed by atoms with Gasteiger partial charge in [-0.25, -0.2) is 8.42 Å². The Morgan fingerprint density at radius 2 is 1.97 bits per heavy atom. The Morgan fingerprint density at radius 3 is 2.60 bits per heavy atom. The molecule has 160 valence electrons. The number of nitrogens with one attached hydrogen (secondary N) is 3. The minimum absolute atomic E-state index is 0.00983. The fourth-order valence-electron chi connectivity index (χ4n) is 2.95. The zero-order valence-electron chi connectivity index (χ0n) is 16.7. The summed E-state index contributed by atoms with van der Waals surface area (Å²) in [6.07, 6.45) is 2.77. The summed E-state index contributed by atoms with van der Waals surface area (Å²) < 4.78 is 32.7. The number of hydrogen-bond donors (Lipinski definition) is 3. The molecule has 10 heteroatoms. The van der Waals surface area contributed by atoms with Crippen molar-refractivity contribution in [3.05, 3.63) is 48.4 Å². The van der Waals surface area contributed by atoms with Crippen molar-refractivity contribution >= 4 is 33.4 Å². The van der Waals surface area contributed by atoms with Gasteiger partial charge in [0.05, 0.1) is 11.2 Å². The molecule has 1 aliphatic rings. The van der Waals surface area contributed by atoms with Crippen LogP contribution in [0.5, 0.6) is 0 Å². The summed E-state index contributed by atoms with van der Waals surface area (Å²) in [6, 6.07) is 8.15. The van der Waals surface area contributed by atoms with E-state index in [9.17, 15) is 18.0 Å². The third-order valence-corrected chi connectivity index (χ3v) is 5.90. The molecule has 2 aromatic rings. The number of amides is 2. The fourth-order valence-corrected chi connectivity index (χ4v) is 4.09. The molecule has 0 fully saturated rings. The van der Waals surface area contributed by atoms with Crippen molar-refractivity contribution in [1.82, 2.24) is 10.0 Å². The first kappa shape index (κ1) is 21.6. The van der Waals surface area contributed by atoms with Crippen LogP contribution in [-0.2, 0) is 14.8 Å². The van der Waals surface area contributed by atoms with Crippen molar-refractivity contribution in [3.63, 3.8) is 0 Å². The van der Waals surface area contributed by atoms with E-state index in [2.05, 4.69) is 20.3 Å². The number of hydrogen-bond acceptors (Lipinski definition) is 6. The Kier molecular flexibility index (Phi) is 6.56. The monoisotopic (exact) mass is 432 g/mol. The Balaban J connectivity index is 1.72. The number of amidine groups is 1. The summed E-state index contributed by atoms with van der Waals surface area (Å²) >= 11 is 0. The van der Waals surface area contributed by atoms with Crippen LogP contribution in [0.25, 0.3) is 0 Å². The Hall–Kier alpha value is -3.14. The highest BCUT2D eigenvalue weighted by atomic mass is 32.2. The van der Waals surface area contributed by atoms with E-state index in [-0.39, 0.29) is 16.6 Å². The molecule has 0 unspecified atom stereocenters. The topological polar surface area (TPSA) is 130 Å². The highest BCUT2D eigenvalue weighted by molar-refractivity contribution is 7.90. The predicted molar refractivity (Wildman–Crippen MR) is 112 cm³/mol. The van der Waals surface area contributed by atoms with E-state index in [1.807, 2.05) is 0 Å².